The van der Waals surface area contributed by atoms with Gasteiger partial charge in [-0.3, -0.25) is 0 Å². The van der Waals surface area contributed by atoms with Crippen molar-refractivity contribution < 1.29 is 18.6 Å². The second-order valence-electron chi connectivity index (χ2n) is 13.9. The molecule has 8 heteroatoms. The number of nitrogens with one attached hydrogen (secondary N) is 2. The third-order valence-corrected chi connectivity index (χ3v) is 10.4. The number of ether oxygens (including phenoxy) is 2. The molecule has 50 heavy (non-hydrogen) atoms. The first-order chi connectivity index (χ1) is 24.5. The SMILES string of the molecule is COc1ccc2[nH]c3ccc4cc[n+](CC(N)CCCCCCC(N)C[n+]5ccc6ccc7[nH]c8ccc(OC)cc8c7c6c5)cc4c3c2c1. The minimum absolute atomic E-state index is 0.107. The van der Waals surface area contributed by atoms with E-state index >= 15 is 0 Å². The summed E-state index contributed by atoms with van der Waals surface area (Å²) in [4.78, 5) is 7.12. The van der Waals surface area contributed by atoms with Crippen molar-refractivity contribution >= 4 is 65.2 Å². The van der Waals surface area contributed by atoms with Gasteiger partial charge < -0.3 is 30.9 Å². The predicted octanol–water partition coefficient (Wildman–Crippen LogP) is 7.55. The summed E-state index contributed by atoms with van der Waals surface area (Å²) in [6.45, 7) is 1.59. The van der Waals surface area contributed by atoms with Crippen molar-refractivity contribution in [3.8, 4) is 11.5 Å². The van der Waals surface area contributed by atoms with Gasteiger partial charge in [0, 0.05) is 55.7 Å². The Bertz CT molecular complexity index is 2310. The lowest BCUT2D eigenvalue weighted by molar-refractivity contribution is -0.697. The third-order valence-electron chi connectivity index (χ3n) is 10.4. The van der Waals surface area contributed by atoms with Crippen LogP contribution in [0.1, 0.15) is 38.5 Å². The number of methoxy groups -OCH3 is 2. The number of H-pyrrole nitrogens is 2. The number of pyridine rings is 2. The molecule has 2 atom stereocenters. The van der Waals surface area contributed by atoms with Crippen LogP contribution in [-0.2, 0) is 13.1 Å². The Balaban J connectivity index is 0.842. The van der Waals surface area contributed by atoms with Crippen molar-refractivity contribution in [2.75, 3.05) is 14.2 Å². The number of hydrogen-bond acceptors (Lipinski definition) is 4. The summed E-state index contributed by atoms with van der Waals surface area (Å²) in [5.74, 6) is 1.72. The molecule has 8 nitrogen and oxygen atoms in total. The maximum absolute atomic E-state index is 6.66. The second kappa shape index (κ2) is 13.6. The van der Waals surface area contributed by atoms with Crippen LogP contribution in [0.25, 0.3) is 65.2 Å². The quantitative estimate of drug-likeness (QED) is 0.0753. The van der Waals surface area contributed by atoms with Crippen molar-refractivity contribution in [1.82, 2.24) is 9.97 Å². The normalized spacial score (nSPS) is 13.3. The van der Waals surface area contributed by atoms with Gasteiger partial charge in [-0.2, -0.15) is 0 Å². The largest absolute Gasteiger partial charge is 0.497 e. The Morgan fingerprint density at radius 2 is 0.980 bits per heavy atom. The minimum Gasteiger partial charge on any atom is -0.497 e. The topological polar surface area (TPSA) is 110 Å². The fourth-order valence-corrected chi connectivity index (χ4v) is 7.74. The molecule has 4 aromatic carbocycles. The van der Waals surface area contributed by atoms with E-state index in [0.29, 0.717) is 0 Å². The molecule has 0 radical (unpaired) electrons. The molecule has 6 N–H and O–H groups in total. The van der Waals surface area contributed by atoms with E-state index in [2.05, 4.69) is 105 Å². The highest BCUT2D eigenvalue weighted by Gasteiger charge is 2.17. The van der Waals surface area contributed by atoms with E-state index in [-0.39, 0.29) is 12.1 Å². The van der Waals surface area contributed by atoms with Gasteiger partial charge in [0.05, 0.1) is 37.1 Å². The fourth-order valence-electron chi connectivity index (χ4n) is 7.74. The summed E-state index contributed by atoms with van der Waals surface area (Å²) in [7, 11) is 3.43. The molecule has 2 unspecified atom stereocenters. The average molecular weight is 667 g/mol. The summed E-state index contributed by atoms with van der Waals surface area (Å²) in [5, 5.41) is 9.69. The molecule has 0 bridgehead atoms. The summed E-state index contributed by atoms with van der Waals surface area (Å²) >= 11 is 0. The first-order valence-corrected chi connectivity index (χ1v) is 17.8. The van der Waals surface area contributed by atoms with Crippen molar-refractivity contribution in [2.45, 2.75) is 63.7 Å². The highest BCUT2D eigenvalue weighted by Crippen LogP contribution is 2.35. The summed E-state index contributed by atoms with van der Waals surface area (Å²) in [6.07, 6.45) is 15.4. The van der Waals surface area contributed by atoms with Crippen LogP contribution in [0.3, 0.4) is 0 Å². The maximum atomic E-state index is 6.66. The van der Waals surface area contributed by atoms with Gasteiger partial charge in [0.1, 0.15) is 11.5 Å². The lowest BCUT2D eigenvalue weighted by Crippen LogP contribution is -2.43. The predicted molar refractivity (Wildman–Crippen MR) is 204 cm³/mol. The van der Waals surface area contributed by atoms with Crippen LogP contribution in [0.15, 0.2) is 97.6 Å². The van der Waals surface area contributed by atoms with E-state index in [0.717, 1.165) is 72.3 Å². The number of aromatic amines is 2. The molecular weight excluding hydrogens is 621 g/mol. The maximum Gasteiger partial charge on any atom is 0.177 e. The fraction of sp³-hybridized carbons (Fsp3) is 0.286. The number of unbranched alkanes of at least 4 members (excludes halogenated alkanes) is 3. The van der Waals surface area contributed by atoms with Crippen LogP contribution in [0.2, 0.25) is 0 Å². The van der Waals surface area contributed by atoms with E-state index in [1.54, 1.807) is 14.2 Å². The smallest absolute Gasteiger partial charge is 0.177 e. The van der Waals surface area contributed by atoms with Gasteiger partial charge in [0.25, 0.3) is 0 Å². The molecular formula is C42H46N6O2+2. The molecule has 0 fully saturated rings. The van der Waals surface area contributed by atoms with Gasteiger partial charge >= 0.3 is 0 Å². The van der Waals surface area contributed by atoms with E-state index in [1.807, 2.05) is 12.1 Å². The number of nitrogens with two attached hydrogens (primary N) is 2. The summed E-state index contributed by atoms with van der Waals surface area (Å²) < 4.78 is 15.5. The summed E-state index contributed by atoms with van der Waals surface area (Å²) in [6, 6.07) is 25.7. The first-order valence-electron chi connectivity index (χ1n) is 17.8. The number of rotatable bonds is 13. The first kappa shape index (κ1) is 32.0. The van der Waals surface area contributed by atoms with Crippen molar-refractivity contribution in [3.05, 3.63) is 97.6 Å². The van der Waals surface area contributed by atoms with Gasteiger partial charge in [-0.15, -0.1) is 0 Å². The van der Waals surface area contributed by atoms with Gasteiger partial charge in [-0.1, -0.05) is 37.8 Å². The highest BCUT2D eigenvalue weighted by atomic mass is 16.5. The number of hydrogen-bond donors (Lipinski definition) is 4. The highest BCUT2D eigenvalue weighted by molar-refractivity contribution is 6.21. The van der Waals surface area contributed by atoms with Crippen LogP contribution < -0.4 is 30.1 Å². The van der Waals surface area contributed by atoms with E-state index in [9.17, 15) is 0 Å². The number of fused-ring (bicyclic) bond motifs is 10. The number of nitrogens with zero attached hydrogens (tertiary/aromatic N) is 2. The molecule has 8 aromatic rings. The zero-order valence-corrected chi connectivity index (χ0v) is 28.9. The molecule has 254 valence electrons. The molecule has 0 saturated heterocycles. The van der Waals surface area contributed by atoms with Crippen LogP contribution in [-0.4, -0.2) is 36.3 Å². The Hall–Kier alpha value is -5.18. The lowest BCUT2D eigenvalue weighted by Gasteiger charge is -2.10. The van der Waals surface area contributed by atoms with Crippen LogP contribution in [0, 0.1) is 0 Å². The van der Waals surface area contributed by atoms with Crippen molar-refractivity contribution in [2.24, 2.45) is 11.5 Å². The number of aromatic nitrogens is 4. The second-order valence-corrected chi connectivity index (χ2v) is 13.9. The Labute approximate surface area is 291 Å². The van der Waals surface area contributed by atoms with Crippen LogP contribution in [0.5, 0.6) is 11.5 Å². The minimum atomic E-state index is 0.107. The van der Waals surface area contributed by atoms with Gasteiger partial charge in [0.2, 0.25) is 0 Å². The van der Waals surface area contributed by atoms with E-state index in [1.165, 1.54) is 55.9 Å². The van der Waals surface area contributed by atoms with Gasteiger partial charge in [-0.25, -0.2) is 9.13 Å². The monoisotopic (exact) mass is 666 g/mol. The number of benzene rings is 4. The van der Waals surface area contributed by atoms with E-state index < -0.39 is 0 Å². The van der Waals surface area contributed by atoms with Crippen LogP contribution >= 0.6 is 0 Å². The van der Waals surface area contributed by atoms with Crippen molar-refractivity contribution in [3.63, 3.8) is 0 Å². The average Bonchev–Trinajstić information content (AvgIpc) is 3.71. The van der Waals surface area contributed by atoms with Gasteiger partial charge in [0.15, 0.2) is 37.9 Å². The molecule has 0 aliphatic heterocycles. The molecule has 4 aromatic heterocycles. The Morgan fingerprint density at radius 3 is 1.42 bits per heavy atom. The zero-order chi connectivity index (χ0) is 34.2. The van der Waals surface area contributed by atoms with Crippen LogP contribution in [0.4, 0.5) is 0 Å². The summed E-state index contributed by atoms with van der Waals surface area (Å²) in [5.41, 5.74) is 17.8. The molecule has 0 aliphatic carbocycles. The molecule has 8 rings (SSSR count). The molecule has 0 spiro atoms. The third kappa shape index (κ3) is 6.21. The molecule has 0 amide bonds. The van der Waals surface area contributed by atoms with Crippen molar-refractivity contribution in [1.29, 1.82) is 0 Å². The van der Waals surface area contributed by atoms with Gasteiger partial charge in [-0.05, 0) is 72.1 Å². The molecule has 0 aliphatic rings. The lowest BCUT2D eigenvalue weighted by atomic mass is 10.0. The standard InChI is InChI=1S/C42H44N6O2/c1-49-31-11-15-37-33(21-31)41-35-25-47(19-17-27(35)9-13-39(41)45-37)23-29(43)7-5-3-4-6-8-30(44)24-48-20-18-28-10-14-40-42(36(28)26-48)34-22-32(50-2)12-16-38(34)46-40/h9-22,25-26,29-30H,3-8,23-24,43-44H2,1-2H3/p+2. The Morgan fingerprint density at radius 1 is 0.540 bits per heavy atom. The van der Waals surface area contributed by atoms with E-state index in [4.69, 9.17) is 20.9 Å². The molecule has 4 heterocycles. The zero-order valence-electron chi connectivity index (χ0n) is 28.9. The molecule has 0 saturated carbocycles. The Kier molecular flexibility index (Phi) is 8.73.